The van der Waals surface area contributed by atoms with Crippen molar-refractivity contribution in [3.63, 3.8) is 0 Å². The van der Waals surface area contributed by atoms with Crippen molar-refractivity contribution in [3.8, 4) is 0 Å². The molecule has 0 fully saturated rings. The van der Waals surface area contributed by atoms with Crippen molar-refractivity contribution in [1.82, 2.24) is 10.3 Å². The first-order valence-electron chi connectivity index (χ1n) is 9.30. The topological polar surface area (TPSA) is 84.2 Å². The average molecular weight is 377 g/mol. The minimum absolute atomic E-state index is 0.270. The van der Waals surface area contributed by atoms with Gasteiger partial charge in [0.15, 0.2) is 0 Å². The fourth-order valence-corrected chi connectivity index (χ4v) is 2.96. The number of benzene rings is 1. The highest BCUT2D eigenvalue weighted by atomic mass is 16.3. The lowest BCUT2D eigenvalue weighted by atomic mass is 10.0. The Bertz CT molecular complexity index is 943. The van der Waals surface area contributed by atoms with Gasteiger partial charge in [0.1, 0.15) is 5.76 Å². The van der Waals surface area contributed by atoms with Gasteiger partial charge < -0.3 is 15.1 Å². The second kappa shape index (κ2) is 8.99. The average Bonchev–Trinajstić information content (AvgIpc) is 3.25. The SMILES string of the molecule is CCc1cccc(CC)c1NC(=O)c1cncc(C(=O)NCc2ccco2)c1. The minimum Gasteiger partial charge on any atom is -0.467 e. The lowest BCUT2D eigenvalue weighted by Gasteiger charge is -2.14. The third kappa shape index (κ3) is 4.46. The molecule has 3 rings (SSSR count). The van der Waals surface area contributed by atoms with E-state index in [-0.39, 0.29) is 18.4 Å². The molecule has 144 valence electrons. The van der Waals surface area contributed by atoms with Crippen molar-refractivity contribution in [2.75, 3.05) is 5.32 Å². The molecular formula is C22H23N3O3. The standard InChI is InChI=1S/C22H23N3O3/c1-3-15-7-5-8-16(4-2)20(15)25-22(27)18-11-17(12-23-13-18)21(26)24-14-19-9-6-10-28-19/h5-13H,3-4,14H2,1-2H3,(H,24,26)(H,25,27). The number of furan rings is 1. The number of nitrogens with one attached hydrogen (secondary N) is 2. The second-order valence-corrected chi connectivity index (χ2v) is 6.34. The molecule has 2 aromatic heterocycles. The van der Waals surface area contributed by atoms with Crippen LogP contribution in [-0.2, 0) is 19.4 Å². The summed E-state index contributed by atoms with van der Waals surface area (Å²) in [6.07, 6.45) is 6.07. The summed E-state index contributed by atoms with van der Waals surface area (Å²) in [4.78, 5) is 29.2. The summed E-state index contributed by atoms with van der Waals surface area (Å²) in [6, 6.07) is 11.1. The van der Waals surface area contributed by atoms with Gasteiger partial charge in [-0.3, -0.25) is 14.6 Å². The minimum atomic E-state index is -0.318. The summed E-state index contributed by atoms with van der Waals surface area (Å²) in [5.74, 6) is 0.0454. The van der Waals surface area contributed by atoms with E-state index in [1.165, 1.54) is 12.4 Å². The van der Waals surface area contributed by atoms with Crippen LogP contribution < -0.4 is 10.6 Å². The predicted octanol–water partition coefficient (Wildman–Crippen LogP) is 3.98. The molecule has 0 atom stereocenters. The summed E-state index contributed by atoms with van der Waals surface area (Å²) in [5.41, 5.74) is 3.64. The third-order valence-corrected chi connectivity index (χ3v) is 4.50. The number of pyridine rings is 1. The second-order valence-electron chi connectivity index (χ2n) is 6.34. The van der Waals surface area contributed by atoms with Crippen molar-refractivity contribution in [2.45, 2.75) is 33.2 Å². The molecule has 6 nitrogen and oxygen atoms in total. The molecule has 0 saturated carbocycles. The monoisotopic (exact) mass is 377 g/mol. The molecule has 0 aliphatic heterocycles. The van der Waals surface area contributed by atoms with Crippen molar-refractivity contribution >= 4 is 17.5 Å². The Labute approximate surface area is 164 Å². The van der Waals surface area contributed by atoms with Crippen LogP contribution in [0.2, 0.25) is 0 Å². The number of rotatable bonds is 7. The first kappa shape index (κ1) is 19.4. The van der Waals surface area contributed by atoms with Gasteiger partial charge in [-0.2, -0.15) is 0 Å². The maximum absolute atomic E-state index is 12.8. The predicted molar refractivity (Wildman–Crippen MR) is 107 cm³/mol. The zero-order valence-electron chi connectivity index (χ0n) is 16.0. The van der Waals surface area contributed by atoms with E-state index in [1.54, 1.807) is 24.5 Å². The maximum Gasteiger partial charge on any atom is 0.257 e. The molecule has 0 aliphatic carbocycles. The zero-order valence-corrected chi connectivity index (χ0v) is 16.0. The summed E-state index contributed by atoms with van der Waals surface area (Å²) < 4.78 is 5.20. The van der Waals surface area contributed by atoms with Crippen molar-refractivity contribution in [3.05, 3.63) is 83.1 Å². The van der Waals surface area contributed by atoms with E-state index < -0.39 is 0 Å². The van der Waals surface area contributed by atoms with Crippen molar-refractivity contribution in [1.29, 1.82) is 0 Å². The number of amides is 2. The molecule has 0 spiro atoms. The van der Waals surface area contributed by atoms with Crippen LogP contribution in [0.25, 0.3) is 0 Å². The fourth-order valence-electron chi connectivity index (χ4n) is 2.96. The van der Waals surface area contributed by atoms with Crippen LogP contribution in [-0.4, -0.2) is 16.8 Å². The van der Waals surface area contributed by atoms with Crippen LogP contribution in [0.3, 0.4) is 0 Å². The van der Waals surface area contributed by atoms with Gasteiger partial charge in [-0.05, 0) is 42.2 Å². The lowest BCUT2D eigenvalue weighted by Crippen LogP contribution is -2.23. The van der Waals surface area contributed by atoms with Gasteiger partial charge in [0.2, 0.25) is 0 Å². The molecule has 0 unspecified atom stereocenters. The molecule has 0 saturated heterocycles. The molecule has 3 aromatic rings. The molecule has 0 bridgehead atoms. The van der Waals surface area contributed by atoms with Crippen molar-refractivity contribution < 1.29 is 14.0 Å². The largest absolute Gasteiger partial charge is 0.467 e. The highest BCUT2D eigenvalue weighted by molar-refractivity contribution is 6.06. The number of para-hydroxylation sites is 1. The molecular weight excluding hydrogens is 354 g/mol. The Kier molecular flexibility index (Phi) is 6.22. The molecule has 1 aromatic carbocycles. The zero-order chi connectivity index (χ0) is 19.9. The van der Waals surface area contributed by atoms with E-state index in [0.717, 1.165) is 29.7 Å². The first-order chi connectivity index (χ1) is 13.6. The van der Waals surface area contributed by atoms with Crippen LogP contribution >= 0.6 is 0 Å². The Hall–Kier alpha value is -3.41. The van der Waals surface area contributed by atoms with Gasteiger partial charge in [0, 0.05) is 18.1 Å². The Balaban J connectivity index is 1.75. The number of carbonyl (C=O) groups excluding carboxylic acids is 2. The van der Waals surface area contributed by atoms with E-state index in [2.05, 4.69) is 29.5 Å². The van der Waals surface area contributed by atoms with Gasteiger partial charge in [0.05, 0.1) is 23.9 Å². The van der Waals surface area contributed by atoms with Crippen LogP contribution in [0.4, 0.5) is 5.69 Å². The summed E-state index contributed by atoms with van der Waals surface area (Å²) in [7, 11) is 0. The Morgan fingerprint density at radius 2 is 1.64 bits per heavy atom. The van der Waals surface area contributed by atoms with Crippen LogP contribution in [0.15, 0.2) is 59.5 Å². The van der Waals surface area contributed by atoms with Crippen molar-refractivity contribution in [2.24, 2.45) is 0 Å². The van der Waals surface area contributed by atoms with Gasteiger partial charge in [-0.1, -0.05) is 32.0 Å². The van der Waals surface area contributed by atoms with Crippen LogP contribution in [0.1, 0.15) is 51.5 Å². The van der Waals surface area contributed by atoms with Gasteiger partial charge in [-0.25, -0.2) is 0 Å². The number of aryl methyl sites for hydroxylation is 2. The molecule has 28 heavy (non-hydrogen) atoms. The third-order valence-electron chi connectivity index (χ3n) is 4.50. The highest BCUT2D eigenvalue weighted by Crippen LogP contribution is 2.23. The smallest absolute Gasteiger partial charge is 0.257 e. The molecule has 0 aliphatic rings. The normalized spacial score (nSPS) is 10.5. The fraction of sp³-hybridized carbons (Fsp3) is 0.227. The number of hydrogen-bond acceptors (Lipinski definition) is 4. The number of aromatic nitrogens is 1. The number of anilines is 1. The van der Waals surface area contributed by atoms with Gasteiger partial charge in [-0.15, -0.1) is 0 Å². The Morgan fingerprint density at radius 1 is 0.964 bits per heavy atom. The van der Waals surface area contributed by atoms with E-state index in [0.29, 0.717) is 16.9 Å². The maximum atomic E-state index is 12.8. The lowest BCUT2D eigenvalue weighted by molar-refractivity contribution is 0.0947. The van der Waals surface area contributed by atoms with E-state index in [9.17, 15) is 9.59 Å². The van der Waals surface area contributed by atoms with E-state index in [4.69, 9.17) is 4.42 Å². The van der Waals surface area contributed by atoms with E-state index in [1.807, 2.05) is 18.2 Å². The molecule has 2 N–H and O–H groups in total. The number of nitrogens with zero attached hydrogens (tertiary/aromatic N) is 1. The number of hydrogen-bond donors (Lipinski definition) is 2. The molecule has 0 radical (unpaired) electrons. The molecule has 6 heteroatoms. The summed E-state index contributed by atoms with van der Waals surface area (Å²) in [6.45, 7) is 4.37. The van der Waals surface area contributed by atoms with E-state index >= 15 is 0 Å². The Morgan fingerprint density at radius 3 is 2.25 bits per heavy atom. The van der Waals surface area contributed by atoms with Crippen LogP contribution in [0.5, 0.6) is 0 Å². The molecule has 2 heterocycles. The highest BCUT2D eigenvalue weighted by Gasteiger charge is 2.14. The quantitative estimate of drug-likeness (QED) is 0.652. The van der Waals surface area contributed by atoms with Gasteiger partial charge in [0.25, 0.3) is 11.8 Å². The number of carbonyl (C=O) groups is 2. The van der Waals surface area contributed by atoms with Gasteiger partial charge >= 0.3 is 0 Å². The summed E-state index contributed by atoms with van der Waals surface area (Å²) in [5, 5.41) is 5.74. The molecule has 2 amide bonds. The van der Waals surface area contributed by atoms with Crippen LogP contribution in [0, 0.1) is 0 Å². The first-order valence-corrected chi connectivity index (χ1v) is 9.30. The summed E-state index contributed by atoms with van der Waals surface area (Å²) >= 11 is 0.